The first-order valence-corrected chi connectivity index (χ1v) is 5.20. The third-order valence-electron chi connectivity index (χ3n) is 2.14. The van der Waals surface area contributed by atoms with Gasteiger partial charge in [-0.2, -0.15) is 0 Å². The van der Waals surface area contributed by atoms with Crippen LogP contribution in [-0.4, -0.2) is 10.2 Å². The average Bonchev–Trinajstić information content (AvgIpc) is 2.58. The predicted octanol–water partition coefficient (Wildman–Crippen LogP) is 3.11. The van der Waals surface area contributed by atoms with Crippen LogP contribution in [0.5, 0.6) is 0 Å². The van der Waals surface area contributed by atoms with Crippen LogP contribution in [0.2, 0.25) is 0 Å². The molecule has 14 heavy (non-hydrogen) atoms. The van der Waals surface area contributed by atoms with E-state index in [1.807, 2.05) is 36.7 Å². The summed E-state index contributed by atoms with van der Waals surface area (Å²) < 4.78 is 2.12. The van der Waals surface area contributed by atoms with Crippen LogP contribution in [0.4, 0.5) is 5.69 Å². The number of hydrogen-bond donors (Lipinski definition) is 0. The van der Waals surface area contributed by atoms with Gasteiger partial charge >= 0.3 is 0 Å². The van der Waals surface area contributed by atoms with Crippen molar-refractivity contribution in [2.24, 2.45) is 4.99 Å². The maximum Gasteiger partial charge on any atom is 0.0784 e. The lowest BCUT2D eigenvalue weighted by atomic mass is 10.3. The Balaban J connectivity index is 2.19. The zero-order valence-corrected chi connectivity index (χ0v) is 8.24. The van der Waals surface area contributed by atoms with E-state index >= 15 is 0 Å². The lowest BCUT2D eigenvalue weighted by molar-refractivity contribution is 1.26. The molecule has 2 aromatic rings. The minimum absolute atomic E-state index is 1.04. The number of nitrogens with zero attached hydrogens (tertiary/aromatic N) is 2. The molecule has 0 amide bonds. The molecular weight excluding hydrogens is 192 g/mol. The van der Waals surface area contributed by atoms with Crippen molar-refractivity contribution in [1.82, 2.24) is 3.97 Å². The molecule has 0 N–H and O–H groups in total. The van der Waals surface area contributed by atoms with Crippen LogP contribution in [0.15, 0.2) is 52.5 Å². The minimum Gasteiger partial charge on any atom is -0.286 e. The van der Waals surface area contributed by atoms with E-state index in [1.54, 1.807) is 11.9 Å². The molecule has 0 spiro atoms. The Morgan fingerprint density at radius 3 is 3.00 bits per heavy atom. The van der Waals surface area contributed by atoms with Gasteiger partial charge in [-0.1, -0.05) is 12.1 Å². The van der Waals surface area contributed by atoms with E-state index in [4.69, 9.17) is 0 Å². The fraction of sp³-hybridized carbons (Fsp3) is 0. The molecular formula is C11H8N2S. The van der Waals surface area contributed by atoms with Gasteiger partial charge in [-0.15, -0.1) is 0 Å². The van der Waals surface area contributed by atoms with E-state index in [0.717, 1.165) is 11.4 Å². The molecule has 0 saturated heterocycles. The van der Waals surface area contributed by atoms with Gasteiger partial charge in [0.05, 0.1) is 22.5 Å². The maximum absolute atomic E-state index is 4.43. The third kappa shape index (κ3) is 1.17. The van der Waals surface area contributed by atoms with Crippen LogP contribution in [0.1, 0.15) is 5.69 Å². The quantitative estimate of drug-likeness (QED) is 0.545. The van der Waals surface area contributed by atoms with Crippen LogP contribution < -0.4 is 0 Å². The summed E-state index contributed by atoms with van der Waals surface area (Å²) in [6, 6.07) is 12.3. The van der Waals surface area contributed by atoms with Crippen LogP contribution in [0.25, 0.3) is 0 Å². The Morgan fingerprint density at radius 2 is 2.00 bits per heavy atom. The van der Waals surface area contributed by atoms with Gasteiger partial charge in [-0.3, -0.25) is 8.96 Å². The summed E-state index contributed by atoms with van der Waals surface area (Å²) in [6.07, 6.45) is 3.95. The largest absolute Gasteiger partial charge is 0.286 e. The SMILES string of the molecule is C1=Nc2ccccc2Sn2cccc21. The van der Waals surface area contributed by atoms with Crippen molar-refractivity contribution in [1.29, 1.82) is 0 Å². The van der Waals surface area contributed by atoms with Crippen molar-refractivity contribution in [2.75, 3.05) is 0 Å². The van der Waals surface area contributed by atoms with E-state index in [-0.39, 0.29) is 0 Å². The highest BCUT2D eigenvalue weighted by molar-refractivity contribution is 7.98. The van der Waals surface area contributed by atoms with E-state index < -0.39 is 0 Å². The summed E-state index contributed by atoms with van der Waals surface area (Å²) in [5, 5.41) is 0. The predicted molar refractivity (Wildman–Crippen MR) is 59.4 cm³/mol. The Labute approximate surface area is 86.4 Å². The Bertz CT molecular complexity index is 499. The summed E-state index contributed by atoms with van der Waals surface area (Å²) in [7, 11) is 0. The number of para-hydroxylation sites is 1. The Morgan fingerprint density at radius 1 is 1.07 bits per heavy atom. The van der Waals surface area contributed by atoms with Crippen LogP contribution in [0.3, 0.4) is 0 Å². The van der Waals surface area contributed by atoms with Crippen LogP contribution in [-0.2, 0) is 0 Å². The number of aromatic nitrogens is 1. The molecule has 1 aromatic carbocycles. The fourth-order valence-corrected chi connectivity index (χ4v) is 2.36. The summed E-state index contributed by atoms with van der Waals surface area (Å²) in [5.74, 6) is 0. The van der Waals surface area contributed by atoms with Crippen molar-refractivity contribution in [3.05, 3.63) is 48.3 Å². The summed E-state index contributed by atoms with van der Waals surface area (Å²) >= 11 is 1.70. The van der Waals surface area contributed by atoms with Gasteiger partial charge in [0, 0.05) is 6.20 Å². The number of benzene rings is 1. The standard InChI is InChI=1S/C11H8N2S/c1-2-6-11-10(5-1)12-8-9-4-3-7-13(9)14-11/h1-8H. The second-order valence-electron chi connectivity index (χ2n) is 3.08. The monoisotopic (exact) mass is 200 g/mol. The highest BCUT2D eigenvalue weighted by atomic mass is 32.2. The van der Waals surface area contributed by atoms with E-state index in [1.165, 1.54) is 4.90 Å². The Kier molecular flexibility index (Phi) is 1.70. The molecule has 3 heteroatoms. The van der Waals surface area contributed by atoms with Crippen molar-refractivity contribution >= 4 is 23.8 Å². The van der Waals surface area contributed by atoms with Gasteiger partial charge in [0.15, 0.2) is 0 Å². The van der Waals surface area contributed by atoms with Crippen molar-refractivity contribution in [3.63, 3.8) is 0 Å². The first kappa shape index (κ1) is 7.88. The number of fused-ring (bicyclic) bond motifs is 2. The molecule has 2 nitrogen and oxygen atoms in total. The van der Waals surface area contributed by atoms with Crippen molar-refractivity contribution in [2.45, 2.75) is 4.90 Å². The summed E-state index contributed by atoms with van der Waals surface area (Å²) in [4.78, 5) is 5.63. The smallest absolute Gasteiger partial charge is 0.0784 e. The van der Waals surface area contributed by atoms with Gasteiger partial charge in [-0.05, 0) is 36.2 Å². The molecule has 0 radical (unpaired) electrons. The molecule has 0 saturated carbocycles. The molecule has 1 aliphatic heterocycles. The molecule has 0 fully saturated rings. The second kappa shape index (κ2) is 3.03. The topological polar surface area (TPSA) is 17.3 Å². The highest BCUT2D eigenvalue weighted by Crippen LogP contribution is 2.33. The minimum atomic E-state index is 1.04. The number of aliphatic imine (C=N–C) groups is 1. The number of rotatable bonds is 0. The summed E-state index contributed by atoms with van der Waals surface area (Å²) in [5.41, 5.74) is 2.17. The lowest BCUT2D eigenvalue weighted by Crippen LogP contribution is -1.88. The molecule has 0 aliphatic carbocycles. The fourth-order valence-electron chi connectivity index (χ4n) is 1.45. The second-order valence-corrected chi connectivity index (χ2v) is 4.09. The normalized spacial score (nSPS) is 13.1. The molecule has 0 atom stereocenters. The molecule has 68 valence electrons. The molecule has 3 rings (SSSR count). The van der Waals surface area contributed by atoms with Crippen LogP contribution in [0, 0.1) is 0 Å². The highest BCUT2D eigenvalue weighted by Gasteiger charge is 2.08. The molecule has 0 bridgehead atoms. The van der Waals surface area contributed by atoms with Crippen molar-refractivity contribution < 1.29 is 0 Å². The lowest BCUT2D eigenvalue weighted by Gasteiger charge is -2.03. The molecule has 1 aliphatic rings. The zero-order valence-electron chi connectivity index (χ0n) is 7.42. The Hall–Kier alpha value is -1.48. The molecule has 2 heterocycles. The van der Waals surface area contributed by atoms with Gasteiger partial charge in [0.1, 0.15) is 0 Å². The van der Waals surface area contributed by atoms with Crippen molar-refractivity contribution in [3.8, 4) is 0 Å². The molecule has 0 unspecified atom stereocenters. The van der Waals surface area contributed by atoms with Gasteiger partial charge in [0.2, 0.25) is 0 Å². The molecule has 1 aromatic heterocycles. The first-order valence-electron chi connectivity index (χ1n) is 4.42. The van der Waals surface area contributed by atoms with E-state index in [0.29, 0.717) is 0 Å². The summed E-state index contributed by atoms with van der Waals surface area (Å²) in [6.45, 7) is 0. The maximum atomic E-state index is 4.43. The van der Waals surface area contributed by atoms with Gasteiger partial charge < -0.3 is 0 Å². The van der Waals surface area contributed by atoms with Crippen LogP contribution >= 0.6 is 11.9 Å². The first-order chi connectivity index (χ1) is 6.93. The zero-order chi connectivity index (χ0) is 9.38. The van der Waals surface area contributed by atoms with E-state index in [9.17, 15) is 0 Å². The number of hydrogen-bond acceptors (Lipinski definition) is 2. The van der Waals surface area contributed by atoms with Gasteiger partial charge in [-0.25, -0.2) is 0 Å². The van der Waals surface area contributed by atoms with Gasteiger partial charge in [0.25, 0.3) is 0 Å². The van der Waals surface area contributed by atoms with E-state index in [2.05, 4.69) is 21.1 Å². The third-order valence-corrected chi connectivity index (χ3v) is 3.21. The average molecular weight is 200 g/mol.